The Morgan fingerprint density at radius 3 is 2.00 bits per heavy atom. The molecule has 0 fully saturated rings. The summed E-state index contributed by atoms with van der Waals surface area (Å²) in [7, 11) is 4.96. The third-order valence-electron chi connectivity index (χ3n) is 3.84. The first-order valence-corrected chi connectivity index (χ1v) is 7.49. The summed E-state index contributed by atoms with van der Waals surface area (Å²) in [6, 6.07) is 14.9. The van der Waals surface area contributed by atoms with Crippen molar-refractivity contribution < 1.29 is 14.3 Å². The number of amides is 1. The van der Waals surface area contributed by atoms with E-state index in [-0.39, 0.29) is 5.91 Å². The molecule has 1 aliphatic heterocycles. The van der Waals surface area contributed by atoms with E-state index in [4.69, 9.17) is 9.47 Å². The topological polar surface area (TPSA) is 51.1 Å². The van der Waals surface area contributed by atoms with Gasteiger partial charge in [0.1, 0.15) is 23.0 Å². The first-order valence-electron chi connectivity index (χ1n) is 7.49. The second-order valence-corrected chi connectivity index (χ2v) is 5.33. The van der Waals surface area contributed by atoms with Crippen molar-refractivity contribution in [2.45, 2.75) is 0 Å². The number of aliphatic imine (C=N–C) groups is 1. The van der Waals surface area contributed by atoms with E-state index >= 15 is 0 Å². The van der Waals surface area contributed by atoms with Crippen LogP contribution in [0.5, 0.6) is 11.5 Å². The predicted octanol–water partition coefficient (Wildman–Crippen LogP) is 2.96. The molecule has 1 heterocycles. The first-order chi connectivity index (χ1) is 11.6. The predicted molar refractivity (Wildman–Crippen MR) is 93.3 cm³/mol. The summed E-state index contributed by atoms with van der Waals surface area (Å²) in [5.74, 6) is 2.04. The van der Waals surface area contributed by atoms with Crippen LogP contribution < -0.4 is 9.47 Å². The number of amidine groups is 1. The van der Waals surface area contributed by atoms with Crippen molar-refractivity contribution in [3.63, 3.8) is 0 Å². The number of ether oxygens (including phenoxy) is 2. The van der Waals surface area contributed by atoms with Crippen molar-refractivity contribution >= 4 is 17.8 Å². The fourth-order valence-electron chi connectivity index (χ4n) is 2.46. The van der Waals surface area contributed by atoms with Gasteiger partial charge in [0, 0.05) is 12.6 Å². The number of rotatable bonds is 4. The molecule has 122 valence electrons. The molecule has 3 rings (SSSR count). The molecule has 0 bridgehead atoms. The van der Waals surface area contributed by atoms with Crippen molar-refractivity contribution in [1.82, 2.24) is 4.90 Å². The van der Waals surface area contributed by atoms with Crippen molar-refractivity contribution in [3.05, 3.63) is 65.4 Å². The van der Waals surface area contributed by atoms with Gasteiger partial charge in [-0.3, -0.25) is 9.69 Å². The van der Waals surface area contributed by atoms with E-state index < -0.39 is 0 Å². The summed E-state index contributed by atoms with van der Waals surface area (Å²) in [6.07, 6.45) is 1.77. The third kappa shape index (κ3) is 3.01. The van der Waals surface area contributed by atoms with Crippen molar-refractivity contribution in [3.8, 4) is 11.5 Å². The molecule has 2 aromatic carbocycles. The molecular weight excluding hydrogens is 304 g/mol. The lowest BCUT2D eigenvalue weighted by molar-refractivity contribution is -0.121. The van der Waals surface area contributed by atoms with Gasteiger partial charge in [0.25, 0.3) is 5.91 Å². The lowest BCUT2D eigenvalue weighted by Gasteiger charge is -2.11. The monoisotopic (exact) mass is 322 g/mol. The van der Waals surface area contributed by atoms with Crippen LogP contribution in [-0.2, 0) is 4.79 Å². The number of carbonyl (C=O) groups excluding carboxylic acids is 1. The van der Waals surface area contributed by atoms with Crippen molar-refractivity contribution in [1.29, 1.82) is 0 Å². The second kappa shape index (κ2) is 6.58. The molecule has 0 N–H and O–H groups in total. The van der Waals surface area contributed by atoms with Crippen LogP contribution in [0.1, 0.15) is 11.1 Å². The molecule has 0 saturated carbocycles. The van der Waals surface area contributed by atoms with Gasteiger partial charge in [-0.1, -0.05) is 12.1 Å². The van der Waals surface area contributed by atoms with E-state index in [0.29, 0.717) is 11.5 Å². The van der Waals surface area contributed by atoms with Crippen LogP contribution in [0.4, 0.5) is 0 Å². The highest BCUT2D eigenvalue weighted by Crippen LogP contribution is 2.23. The SMILES string of the molecule is COc1ccc(/C=C2/N=C(c3ccc(OC)cc3)N(C)C2=O)cc1. The lowest BCUT2D eigenvalue weighted by Crippen LogP contribution is -2.28. The molecular formula is C19H18N2O3. The standard InChI is InChI=1S/C19H18N2O3/c1-21-18(14-6-10-16(24-3)11-7-14)20-17(19(21)22)12-13-4-8-15(23-2)9-5-13/h4-12H,1-3H3/b17-12+. The number of likely N-dealkylation sites (N-methyl/N-ethyl adjacent to an activating group) is 1. The highest BCUT2D eigenvalue weighted by Gasteiger charge is 2.27. The third-order valence-corrected chi connectivity index (χ3v) is 3.84. The Morgan fingerprint density at radius 1 is 0.917 bits per heavy atom. The fourth-order valence-corrected chi connectivity index (χ4v) is 2.46. The summed E-state index contributed by atoms with van der Waals surface area (Å²) in [5.41, 5.74) is 2.17. The molecule has 0 atom stereocenters. The Balaban J connectivity index is 1.92. The van der Waals surface area contributed by atoms with Crippen molar-refractivity contribution in [2.24, 2.45) is 4.99 Å². The van der Waals surface area contributed by atoms with Crippen LogP contribution in [0.3, 0.4) is 0 Å². The molecule has 0 unspecified atom stereocenters. The molecule has 0 saturated heterocycles. The Kier molecular flexibility index (Phi) is 4.33. The Bertz CT molecular complexity index is 806. The van der Waals surface area contributed by atoms with E-state index in [9.17, 15) is 4.79 Å². The summed E-state index contributed by atoms with van der Waals surface area (Å²) in [5, 5.41) is 0. The zero-order chi connectivity index (χ0) is 17.1. The Hall–Kier alpha value is -3.08. The van der Waals surface area contributed by atoms with E-state index in [2.05, 4.69) is 4.99 Å². The van der Waals surface area contributed by atoms with Gasteiger partial charge in [0.15, 0.2) is 0 Å². The number of nitrogens with zero attached hydrogens (tertiary/aromatic N) is 2. The van der Waals surface area contributed by atoms with Crippen LogP contribution >= 0.6 is 0 Å². The van der Waals surface area contributed by atoms with Crippen LogP contribution in [-0.4, -0.2) is 37.9 Å². The summed E-state index contributed by atoms with van der Waals surface area (Å²) < 4.78 is 10.3. The highest BCUT2D eigenvalue weighted by atomic mass is 16.5. The minimum absolute atomic E-state index is 0.128. The minimum atomic E-state index is -0.128. The van der Waals surface area contributed by atoms with E-state index in [0.717, 1.165) is 22.6 Å². The Labute approximate surface area is 140 Å². The summed E-state index contributed by atoms with van der Waals surface area (Å²) in [4.78, 5) is 18.5. The van der Waals surface area contributed by atoms with Gasteiger partial charge in [-0.2, -0.15) is 0 Å². The highest BCUT2D eigenvalue weighted by molar-refractivity contribution is 6.19. The maximum atomic E-state index is 12.4. The zero-order valence-electron chi connectivity index (χ0n) is 13.8. The molecule has 1 aliphatic rings. The normalized spacial score (nSPS) is 15.6. The van der Waals surface area contributed by atoms with E-state index in [1.54, 1.807) is 32.2 Å². The van der Waals surface area contributed by atoms with Crippen LogP contribution in [0.15, 0.2) is 59.2 Å². The quantitative estimate of drug-likeness (QED) is 0.813. The largest absolute Gasteiger partial charge is 0.497 e. The molecule has 0 aromatic heterocycles. The van der Waals surface area contributed by atoms with Gasteiger partial charge in [0.2, 0.25) is 0 Å². The summed E-state index contributed by atoms with van der Waals surface area (Å²) in [6.45, 7) is 0. The lowest BCUT2D eigenvalue weighted by atomic mass is 10.2. The van der Waals surface area contributed by atoms with Crippen LogP contribution in [0.25, 0.3) is 6.08 Å². The average molecular weight is 322 g/mol. The number of benzene rings is 2. The molecule has 0 spiro atoms. The van der Waals surface area contributed by atoms with Crippen LogP contribution in [0, 0.1) is 0 Å². The van der Waals surface area contributed by atoms with Gasteiger partial charge in [0.05, 0.1) is 14.2 Å². The number of hydrogen-bond donors (Lipinski definition) is 0. The fraction of sp³-hybridized carbons (Fsp3) is 0.158. The maximum absolute atomic E-state index is 12.4. The molecule has 2 aromatic rings. The first kappa shape index (κ1) is 15.8. The number of methoxy groups -OCH3 is 2. The molecule has 5 nitrogen and oxygen atoms in total. The van der Waals surface area contributed by atoms with Gasteiger partial charge < -0.3 is 9.47 Å². The number of carbonyl (C=O) groups is 1. The smallest absolute Gasteiger partial charge is 0.277 e. The second-order valence-electron chi connectivity index (χ2n) is 5.33. The molecule has 24 heavy (non-hydrogen) atoms. The van der Waals surface area contributed by atoms with Gasteiger partial charge >= 0.3 is 0 Å². The molecule has 5 heteroatoms. The molecule has 0 radical (unpaired) electrons. The van der Waals surface area contributed by atoms with Crippen LogP contribution in [0.2, 0.25) is 0 Å². The number of hydrogen-bond acceptors (Lipinski definition) is 4. The maximum Gasteiger partial charge on any atom is 0.277 e. The van der Waals surface area contributed by atoms with E-state index in [1.165, 1.54) is 0 Å². The zero-order valence-corrected chi connectivity index (χ0v) is 13.8. The van der Waals surface area contributed by atoms with Gasteiger partial charge in [-0.05, 0) is 48.0 Å². The molecule has 1 amide bonds. The average Bonchev–Trinajstić information content (AvgIpc) is 2.91. The minimum Gasteiger partial charge on any atom is -0.497 e. The molecule has 0 aliphatic carbocycles. The summed E-state index contributed by atoms with van der Waals surface area (Å²) >= 11 is 0. The van der Waals surface area contributed by atoms with Gasteiger partial charge in [-0.25, -0.2) is 4.99 Å². The Morgan fingerprint density at radius 2 is 1.46 bits per heavy atom. The van der Waals surface area contributed by atoms with Crippen molar-refractivity contribution in [2.75, 3.05) is 21.3 Å². The van der Waals surface area contributed by atoms with Gasteiger partial charge in [-0.15, -0.1) is 0 Å². The van der Waals surface area contributed by atoms with E-state index in [1.807, 2.05) is 48.5 Å².